The Morgan fingerprint density at radius 2 is 2.40 bits per heavy atom. The lowest BCUT2D eigenvalue weighted by Crippen LogP contribution is -2.11. The van der Waals surface area contributed by atoms with E-state index in [1.807, 2.05) is 13.0 Å². The summed E-state index contributed by atoms with van der Waals surface area (Å²) in [6.07, 6.45) is 1.12. The van der Waals surface area contributed by atoms with Gasteiger partial charge in [0.2, 0.25) is 0 Å². The van der Waals surface area contributed by atoms with E-state index >= 15 is 0 Å². The number of carbonyl (C=O) groups is 1. The van der Waals surface area contributed by atoms with E-state index in [0.717, 1.165) is 0 Å². The highest BCUT2D eigenvalue weighted by atomic mass is 32.1. The summed E-state index contributed by atoms with van der Waals surface area (Å²) < 4.78 is 0. The summed E-state index contributed by atoms with van der Waals surface area (Å²) >= 11 is 3.84. The van der Waals surface area contributed by atoms with Gasteiger partial charge < -0.3 is 0 Å². The Morgan fingerprint density at radius 3 is 2.80 bits per heavy atom. The third-order valence-corrected chi connectivity index (χ3v) is 1.71. The standard InChI is InChI=1S/C7H11NOS/c1-6(3-2-4-8)7(9)5-10/h6,10H,2-3,5H2,1H3. The van der Waals surface area contributed by atoms with Gasteiger partial charge in [0.25, 0.3) is 0 Å². The van der Waals surface area contributed by atoms with Gasteiger partial charge in [-0.1, -0.05) is 6.92 Å². The first kappa shape index (κ1) is 9.51. The Kier molecular flexibility index (Phi) is 5.05. The van der Waals surface area contributed by atoms with Crippen molar-refractivity contribution in [3.63, 3.8) is 0 Å². The molecule has 0 aromatic heterocycles. The Labute approximate surface area is 66.6 Å². The van der Waals surface area contributed by atoms with E-state index in [2.05, 4.69) is 12.6 Å². The van der Waals surface area contributed by atoms with Gasteiger partial charge in [0, 0.05) is 18.1 Å². The Balaban J connectivity index is 3.53. The molecular weight excluding hydrogens is 146 g/mol. The van der Waals surface area contributed by atoms with Gasteiger partial charge >= 0.3 is 0 Å². The fourth-order valence-electron chi connectivity index (χ4n) is 0.598. The minimum Gasteiger partial charge on any atom is -0.298 e. The smallest absolute Gasteiger partial charge is 0.145 e. The fourth-order valence-corrected chi connectivity index (χ4v) is 0.910. The maximum absolute atomic E-state index is 10.8. The molecule has 3 heteroatoms. The first-order chi connectivity index (χ1) is 4.72. The van der Waals surface area contributed by atoms with E-state index in [1.165, 1.54) is 0 Å². The predicted octanol–water partition coefficient (Wildman–Crippen LogP) is 1.43. The summed E-state index contributed by atoms with van der Waals surface area (Å²) in [5.74, 6) is 0.405. The molecule has 0 aliphatic rings. The molecule has 56 valence electrons. The Hall–Kier alpha value is -0.490. The van der Waals surface area contributed by atoms with E-state index in [0.29, 0.717) is 12.8 Å². The quantitative estimate of drug-likeness (QED) is 0.627. The van der Waals surface area contributed by atoms with Crippen molar-refractivity contribution in [1.29, 1.82) is 5.26 Å². The van der Waals surface area contributed by atoms with Gasteiger partial charge in [-0.2, -0.15) is 17.9 Å². The molecular formula is C7H11NOS. The molecule has 0 aromatic rings. The predicted molar refractivity (Wildman–Crippen MR) is 42.9 cm³/mol. The van der Waals surface area contributed by atoms with Crippen LogP contribution in [0.25, 0.3) is 0 Å². The van der Waals surface area contributed by atoms with Gasteiger partial charge in [0.05, 0.1) is 6.07 Å². The second-order valence-corrected chi connectivity index (χ2v) is 2.54. The topological polar surface area (TPSA) is 40.9 Å². The summed E-state index contributed by atoms with van der Waals surface area (Å²) in [5.41, 5.74) is 0. The van der Waals surface area contributed by atoms with Crippen molar-refractivity contribution in [1.82, 2.24) is 0 Å². The number of hydrogen-bond acceptors (Lipinski definition) is 3. The summed E-state index contributed by atoms with van der Waals surface area (Å²) in [6, 6.07) is 2.00. The zero-order chi connectivity index (χ0) is 7.98. The maximum atomic E-state index is 10.8. The molecule has 0 radical (unpaired) electrons. The van der Waals surface area contributed by atoms with Crippen LogP contribution in [0, 0.1) is 17.2 Å². The van der Waals surface area contributed by atoms with Crippen LogP contribution in [0.3, 0.4) is 0 Å². The molecule has 0 saturated carbocycles. The summed E-state index contributed by atoms with van der Waals surface area (Å²) in [5, 5.41) is 8.19. The highest BCUT2D eigenvalue weighted by molar-refractivity contribution is 7.81. The summed E-state index contributed by atoms with van der Waals surface area (Å²) in [6.45, 7) is 1.83. The van der Waals surface area contributed by atoms with Crippen molar-refractivity contribution >= 4 is 18.4 Å². The number of carbonyl (C=O) groups excluding carboxylic acids is 1. The average Bonchev–Trinajstić information content (AvgIpc) is 1.98. The van der Waals surface area contributed by atoms with Crippen LogP contribution in [0.2, 0.25) is 0 Å². The highest BCUT2D eigenvalue weighted by Crippen LogP contribution is 2.06. The van der Waals surface area contributed by atoms with Crippen LogP contribution < -0.4 is 0 Å². The molecule has 1 unspecified atom stereocenters. The molecule has 10 heavy (non-hydrogen) atoms. The number of hydrogen-bond donors (Lipinski definition) is 1. The van der Waals surface area contributed by atoms with E-state index in [4.69, 9.17) is 5.26 Å². The van der Waals surface area contributed by atoms with Crippen molar-refractivity contribution in [2.45, 2.75) is 19.8 Å². The largest absolute Gasteiger partial charge is 0.298 e. The first-order valence-corrected chi connectivity index (χ1v) is 3.86. The Bertz CT molecular complexity index is 150. The molecule has 0 aromatic carbocycles. The molecule has 0 bridgehead atoms. The molecule has 0 heterocycles. The number of Topliss-reactive ketones (excluding diaryl/α,β-unsaturated/α-hetero) is 1. The lowest BCUT2D eigenvalue weighted by atomic mass is 10.0. The lowest BCUT2D eigenvalue weighted by molar-refractivity contribution is -0.119. The molecule has 1 atom stereocenters. The zero-order valence-electron chi connectivity index (χ0n) is 6.00. The normalized spacial score (nSPS) is 12.1. The van der Waals surface area contributed by atoms with Gasteiger partial charge in [0.15, 0.2) is 0 Å². The van der Waals surface area contributed by atoms with Crippen LogP contribution in [-0.2, 0) is 4.79 Å². The van der Waals surface area contributed by atoms with Crippen molar-refractivity contribution in [3.8, 4) is 6.07 Å². The number of nitrogens with zero attached hydrogens (tertiary/aromatic N) is 1. The zero-order valence-corrected chi connectivity index (χ0v) is 6.90. The SMILES string of the molecule is CC(CCC#N)C(=O)CS. The van der Waals surface area contributed by atoms with Crippen LogP contribution >= 0.6 is 12.6 Å². The van der Waals surface area contributed by atoms with E-state index in [9.17, 15) is 4.79 Å². The van der Waals surface area contributed by atoms with Crippen LogP contribution in [-0.4, -0.2) is 11.5 Å². The minimum atomic E-state index is -0.00264. The summed E-state index contributed by atoms with van der Waals surface area (Å²) in [4.78, 5) is 10.8. The molecule has 2 nitrogen and oxygen atoms in total. The lowest BCUT2D eigenvalue weighted by Gasteiger charge is -2.03. The molecule has 0 N–H and O–H groups in total. The number of rotatable bonds is 4. The van der Waals surface area contributed by atoms with Gasteiger partial charge in [0.1, 0.15) is 5.78 Å². The third kappa shape index (κ3) is 3.52. The van der Waals surface area contributed by atoms with E-state index in [1.54, 1.807) is 0 Å². The van der Waals surface area contributed by atoms with Gasteiger partial charge in [-0.05, 0) is 6.42 Å². The summed E-state index contributed by atoms with van der Waals surface area (Å²) in [7, 11) is 0. The molecule has 0 amide bonds. The van der Waals surface area contributed by atoms with Crippen LogP contribution in [0.1, 0.15) is 19.8 Å². The van der Waals surface area contributed by atoms with Gasteiger partial charge in [-0.3, -0.25) is 4.79 Å². The maximum Gasteiger partial charge on any atom is 0.145 e. The van der Waals surface area contributed by atoms with Crippen molar-refractivity contribution in [2.75, 3.05) is 5.75 Å². The minimum absolute atomic E-state index is 0.00264. The Morgan fingerprint density at radius 1 is 1.80 bits per heavy atom. The molecule has 0 aliphatic carbocycles. The molecule has 0 saturated heterocycles. The van der Waals surface area contributed by atoms with Gasteiger partial charge in [-0.25, -0.2) is 0 Å². The number of ketones is 1. The molecule has 0 fully saturated rings. The second kappa shape index (κ2) is 5.31. The van der Waals surface area contributed by atoms with Crippen LogP contribution in [0.4, 0.5) is 0 Å². The van der Waals surface area contributed by atoms with E-state index in [-0.39, 0.29) is 17.5 Å². The van der Waals surface area contributed by atoms with E-state index < -0.39 is 0 Å². The van der Waals surface area contributed by atoms with Crippen molar-refractivity contribution in [2.24, 2.45) is 5.92 Å². The van der Waals surface area contributed by atoms with Crippen LogP contribution in [0.5, 0.6) is 0 Å². The fraction of sp³-hybridized carbons (Fsp3) is 0.714. The van der Waals surface area contributed by atoms with Gasteiger partial charge in [-0.15, -0.1) is 0 Å². The molecule has 0 aliphatic heterocycles. The average molecular weight is 157 g/mol. The highest BCUT2D eigenvalue weighted by Gasteiger charge is 2.09. The van der Waals surface area contributed by atoms with Crippen molar-refractivity contribution in [3.05, 3.63) is 0 Å². The second-order valence-electron chi connectivity index (χ2n) is 2.22. The molecule has 0 spiro atoms. The van der Waals surface area contributed by atoms with Crippen LogP contribution in [0.15, 0.2) is 0 Å². The molecule has 0 rings (SSSR count). The number of thiol groups is 1. The third-order valence-electron chi connectivity index (χ3n) is 1.39. The number of nitriles is 1. The van der Waals surface area contributed by atoms with Crippen molar-refractivity contribution < 1.29 is 4.79 Å². The monoisotopic (exact) mass is 157 g/mol. The first-order valence-electron chi connectivity index (χ1n) is 3.23.